The van der Waals surface area contributed by atoms with Gasteiger partial charge >= 0.3 is 5.97 Å². The topological polar surface area (TPSA) is 142 Å². The van der Waals surface area contributed by atoms with Crippen molar-refractivity contribution in [3.63, 3.8) is 0 Å². The third-order valence-electron chi connectivity index (χ3n) is 4.64. The van der Waals surface area contributed by atoms with Crippen molar-refractivity contribution in [1.82, 2.24) is 13.9 Å². The molecule has 1 N–H and O–H groups in total. The Morgan fingerprint density at radius 2 is 1.97 bits per heavy atom. The van der Waals surface area contributed by atoms with Gasteiger partial charge in [-0.2, -0.15) is 9.57 Å². The zero-order chi connectivity index (χ0) is 21.7. The van der Waals surface area contributed by atoms with Crippen molar-refractivity contribution in [2.75, 3.05) is 25.0 Å². The second kappa shape index (κ2) is 9.29. The zero-order valence-corrected chi connectivity index (χ0v) is 17.7. The number of ether oxygens (including phenoxy) is 1. The molecule has 12 heteroatoms. The van der Waals surface area contributed by atoms with Gasteiger partial charge in [0.05, 0.1) is 23.1 Å². The molecule has 0 bridgehead atoms. The molecular formula is C18H19N5O5S2. The standard InChI is InChI=1S/C18H19N5O5S2/c1-2-28-18(25)15-17(29-22-21-15)20-16(24)13-7-9-23(10-8-13)30(26,27)14-5-3-12(11-19)4-6-14/h3-6,13H,2,7-10H2,1H3,(H,20,24). The average molecular weight is 450 g/mol. The quantitative estimate of drug-likeness (QED) is 0.656. The van der Waals surface area contributed by atoms with Crippen molar-refractivity contribution in [1.29, 1.82) is 5.26 Å². The van der Waals surface area contributed by atoms with Gasteiger partial charge in [-0.05, 0) is 44.0 Å². The van der Waals surface area contributed by atoms with Crippen LogP contribution in [0, 0.1) is 17.2 Å². The van der Waals surface area contributed by atoms with Crippen molar-refractivity contribution in [3.8, 4) is 6.07 Å². The largest absolute Gasteiger partial charge is 0.461 e. The van der Waals surface area contributed by atoms with E-state index < -0.39 is 21.9 Å². The van der Waals surface area contributed by atoms with Crippen LogP contribution in [0.3, 0.4) is 0 Å². The lowest BCUT2D eigenvalue weighted by molar-refractivity contribution is -0.120. The second-order valence-electron chi connectivity index (χ2n) is 6.47. The van der Waals surface area contributed by atoms with Gasteiger partial charge in [-0.3, -0.25) is 4.79 Å². The molecule has 2 heterocycles. The van der Waals surface area contributed by atoms with E-state index >= 15 is 0 Å². The Hall–Kier alpha value is -2.88. The summed E-state index contributed by atoms with van der Waals surface area (Å²) in [7, 11) is -3.70. The molecule has 1 saturated heterocycles. The fourth-order valence-corrected chi connectivity index (χ4v) is 5.06. The lowest BCUT2D eigenvalue weighted by atomic mass is 9.97. The van der Waals surface area contributed by atoms with Crippen molar-refractivity contribution < 1.29 is 22.7 Å². The van der Waals surface area contributed by atoms with Gasteiger partial charge in [0.15, 0.2) is 5.00 Å². The number of esters is 1. The number of rotatable bonds is 6. The van der Waals surface area contributed by atoms with Crippen molar-refractivity contribution >= 4 is 38.4 Å². The monoisotopic (exact) mass is 449 g/mol. The number of hydrogen-bond donors (Lipinski definition) is 1. The number of amides is 1. The van der Waals surface area contributed by atoms with Crippen LogP contribution in [0.4, 0.5) is 5.00 Å². The highest BCUT2D eigenvalue weighted by molar-refractivity contribution is 7.89. The molecule has 3 rings (SSSR count). The van der Waals surface area contributed by atoms with E-state index in [4.69, 9.17) is 10.00 Å². The summed E-state index contributed by atoms with van der Waals surface area (Å²) in [6.07, 6.45) is 0.671. The molecule has 1 aromatic carbocycles. The van der Waals surface area contributed by atoms with Gasteiger partial charge in [0, 0.05) is 30.5 Å². The molecule has 0 radical (unpaired) electrons. The van der Waals surface area contributed by atoms with Crippen molar-refractivity contribution in [2.45, 2.75) is 24.7 Å². The smallest absolute Gasteiger partial charge is 0.362 e. The fraction of sp³-hybridized carbons (Fsp3) is 0.389. The molecule has 1 aliphatic heterocycles. The highest BCUT2D eigenvalue weighted by atomic mass is 32.2. The summed E-state index contributed by atoms with van der Waals surface area (Å²) in [5.74, 6) is -1.39. The normalized spacial score (nSPS) is 15.3. The molecule has 2 aromatic rings. The minimum Gasteiger partial charge on any atom is -0.461 e. The summed E-state index contributed by atoms with van der Waals surface area (Å²) in [6, 6.07) is 7.67. The van der Waals surface area contributed by atoms with E-state index in [1.807, 2.05) is 6.07 Å². The Kier molecular flexibility index (Phi) is 6.76. The average Bonchev–Trinajstić information content (AvgIpc) is 3.22. The summed E-state index contributed by atoms with van der Waals surface area (Å²) in [5.41, 5.74) is 0.333. The Labute approximate surface area is 177 Å². The van der Waals surface area contributed by atoms with Crippen LogP contribution >= 0.6 is 11.5 Å². The number of hydrogen-bond acceptors (Lipinski definition) is 9. The predicted octanol–water partition coefficient (Wildman–Crippen LogP) is 1.63. The van der Waals surface area contributed by atoms with Crippen LogP contribution in [0.5, 0.6) is 0 Å². The molecule has 158 valence electrons. The van der Waals surface area contributed by atoms with Crippen LogP contribution in [0.25, 0.3) is 0 Å². The molecule has 0 aliphatic carbocycles. The number of anilines is 1. The molecule has 0 unspecified atom stereocenters. The number of benzene rings is 1. The van der Waals surface area contributed by atoms with Crippen molar-refractivity contribution in [2.24, 2.45) is 5.92 Å². The van der Waals surface area contributed by atoms with Gasteiger partial charge in [-0.1, -0.05) is 4.49 Å². The third-order valence-corrected chi connectivity index (χ3v) is 7.19. The number of piperidine rings is 1. The number of carbonyl (C=O) groups excluding carboxylic acids is 2. The lowest BCUT2D eigenvalue weighted by Crippen LogP contribution is -2.41. The van der Waals surface area contributed by atoms with Gasteiger partial charge < -0.3 is 10.1 Å². The van der Waals surface area contributed by atoms with Crippen molar-refractivity contribution in [3.05, 3.63) is 35.5 Å². The number of aromatic nitrogens is 2. The van der Waals surface area contributed by atoms with E-state index in [0.717, 1.165) is 11.5 Å². The number of nitriles is 1. The molecule has 30 heavy (non-hydrogen) atoms. The Morgan fingerprint density at radius 1 is 1.30 bits per heavy atom. The summed E-state index contributed by atoms with van der Waals surface area (Å²) in [6.45, 7) is 2.21. The molecule has 1 amide bonds. The number of nitrogens with one attached hydrogen (secondary N) is 1. The van der Waals surface area contributed by atoms with Gasteiger partial charge in [0.1, 0.15) is 0 Å². The minimum absolute atomic E-state index is 0.0453. The maximum absolute atomic E-state index is 12.8. The molecule has 0 saturated carbocycles. The van der Waals surface area contributed by atoms with Crippen LogP contribution in [0.2, 0.25) is 0 Å². The number of sulfonamides is 1. The van der Waals surface area contributed by atoms with Crippen LogP contribution in [-0.2, 0) is 19.6 Å². The number of nitrogens with zero attached hydrogens (tertiary/aromatic N) is 4. The highest BCUT2D eigenvalue weighted by Gasteiger charge is 2.33. The maximum Gasteiger partial charge on any atom is 0.362 e. The van der Waals surface area contributed by atoms with Crippen LogP contribution < -0.4 is 5.32 Å². The molecule has 1 fully saturated rings. The molecule has 1 aromatic heterocycles. The molecule has 0 spiro atoms. The summed E-state index contributed by atoms with van der Waals surface area (Å²) >= 11 is 0.878. The first kappa shape index (κ1) is 21.8. The molecular weight excluding hydrogens is 430 g/mol. The molecule has 10 nitrogen and oxygen atoms in total. The first-order valence-corrected chi connectivity index (χ1v) is 11.4. The van der Waals surface area contributed by atoms with Gasteiger partial charge in [-0.15, -0.1) is 5.10 Å². The summed E-state index contributed by atoms with van der Waals surface area (Å²) in [5, 5.41) is 15.4. The van der Waals surface area contributed by atoms with E-state index in [0.29, 0.717) is 18.4 Å². The van der Waals surface area contributed by atoms with Gasteiger partial charge in [0.25, 0.3) is 0 Å². The van der Waals surface area contributed by atoms with E-state index in [9.17, 15) is 18.0 Å². The fourth-order valence-electron chi connectivity index (χ4n) is 3.03. The minimum atomic E-state index is -3.70. The predicted molar refractivity (Wildman–Crippen MR) is 107 cm³/mol. The first-order valence-electron chi connectivity index (χ1n) is 9.17. The number of carbonyl (C=O) groups is 2. The van der Waals surface area contributed by atoms with Crippen LogP contribution in [0.1, 0.15) is 35.8 Å². The SMILES string of the molecule is CCOC(=O)c1nnsc1NC(=O)C1CCN(S(=O)(=O)c2ccc(C#N)cc2)CC1. The van der Waals surface area contributed by atoms with E-state index in [2.05, 4.69) is 14.9 Å². The summed E-state index contributed by atoms with van der Waals surface area (Å²) in [4.78, 5) is 24.5. The van der Waals surface area contributed by atoms with Gasteiger partial charge in [0.2, 0.25) is 21.6 Å². The van der Waals surface area contributed by atoms with E-state index in [1.165, 1.54) is 28.6 Å². The maximum atomic E-state index is 12.8. The second-order valence-corrected chi connectivity index (χ2v) is 9.17. The van der Waals surface area contributed by atoms with Gasteiger partial charge in [-0.25, -0.2) is 13.2 Å². The van der Waals surface area contributed by atoms with Crippen LogP contribution in [0.15, 0.2) is 29.2 Å². The van der Waals surface area contributed by atoms with Crippen LogP contribution in [-0.4, -0.2) is 53.9 Å². The highest BCUT2D eigenvalue weighted by Crippen LogP contribution is 2.26. The summed E-state index contributed by atoms with van der Waals surface area (Å²) < 4.78 is 35.5. The van der Waals surface area contributed by atoms with E-state index in [1.54, 1.807) is 6.92 Å². The Morgan fingerprint density at radius 3 is 2.57 bits per heavy atom. The Balaban J connectivity index is 1.61. The van der Waals surface area contributed by atoms with E-state index in [-0.39, 0.29) is 41.2 Å². The molecule has 0 atom stereocenters. The molecule has 1 aliphatic rings. The Bertz CT molecular complexity index is 1070. The zero-order valence-electron chi connectivity index (χ0n) is 16.1. The lowest BCUT2D eigenvalue weighted by Gasteiger charge is -2.30. The first-order chi connectivity index (χ1) is 14.4. The third kappa shape index (κ3) is 4.64.